The molecule has 26 heavy (non-hydrogen) atoms. The molecular formula is C12H18N4O4S6. The van der Waals surface area contributed by atoms with Crippen LogP contribution in [0, 0.1) is 7.91 Å². The van der Waals surface area contributed by atoms with Crippen LogP contribution in [0.15, 0.2) is 8.68 Å². The zero-order valence-corrected chi connectivity index (χ0v) is 18.4. The van der Waals surface area contributed by atoms with E-state index in [0.29, 0.717) is 32.6 Å². The number of nitrogens with zero attached hydrogens (tertiary/aromatic N) is 2. The summed E-state index contributed by atoms with van der Waals surface area (Å²) >= 11 is 15.5. The van der Waals surface area contributed by atoms with Crippen LogP contribution in [0.2, 0.25) is 0 Å². The fraction of sp³-hybridized carbons (Fsp3) is 0.667. The van der Waals surface area contributed by atoms with Gasteiger partial charge in [0, 0.05) is 11.5 Å². The van der Waals surface area contributed by atoms with Gasteiger partial charge in [0.2, 0.25) is 0 Å². The highest BCUT2D eigenvalue weighted by Gasteiger charge is 2.09. The van der Waals surface area contributed by atoms with E-state index in [9.17, 15) is 10.2 Å². The molecule has 0 bridgehead atoms. The Kier molecular flexibility index (Phi) is 10.8. The maximum absolute atomic E-state index is 9.84. The number of ether oxygens (including phenoxy) is 2. The predicted molar refractivity (Wildman–Crippen MR) is 110 cm³/mol. The standard InChI is InChI=1S/C12H18N4O4S6/c17-7(5-23-11-15-13-9(21)25-11)3-19-1-2-20-4-8(18)6-24-12-16-14-10(22)26-12/h7-8,17-18H,1-6H2,(H,13,21)(H,14,22). The van der Waals surface area contributed by atoms with E-state index >= 15 is 0 Å². The lowest BCUT2D eigenvalue weighted by Crippen LogP contribution is -2.22. The summed E-state index contributed by atoms with van der Waals surface area (Å²) in [6, 6.07) is 0. The smallest absolute Gasteiger partial charge is 0.177 e. The van der Waals surface area contributed by atoms with Crippen molar-refractivity contribution >= 4 is 70.6 Å². The topological polar surface area (TPSA) is 116 Å². The minimum atomic E-state index is -0.594. The number of aliphatic hydroxyl groups is 2. The molecule has 8 nitrogen and oxygen atoms in total. The van der Waals surface area contributed by atoms with E-state index in [0.717, 1.165) is 8.68 Å². The van der Waals surface area contributed by atoms with Crippen molar-refractivity contribution in [3.63, 3.8) is 0 Å². The van der Waals surface area contributed by atoms with Gasteiger partial charge in [-0.2, -0.15) is 10.2 Å². The highest BCUT2D eigenvalue weighted by Crippen LogP contribution is 2.21. The molecule has 0 aromatic carbocycles. The van der Waals surface area contributed by atoms with Gasteiger partial charge in [0.25, 0.3) is 0 Å². The first-order chi connectivity index (χ1) is 12.5. The molecule has 2 atom stereocenters. The molecule has 14 heteroatoms. The number of rotatable bonds is 13. The monoisotopic (exact) mass is 474 g/mol. The van der Waals surface area contributed by atoms with E-state index in [2.05, 4.69) is 20.4 Å². The fourth-order valence-electron chi connectivity index (χ4n) is 1.54. The van der Waals surface area contributed by atoms with E-state index in [1.807, 2.05) is 0 Å². The third-order valence-corrected chi connectivity index (χ3v) is 7.38. The average Bonchev–Trinajstić information content (AvgIpc) is 3.22. The molecule has 0 saturated heterocycles. The number of nitrogens with one attached hydrogen (secondary N) is 2. The van der Waals surface area contributed by atoms with E-state index in [1.165, 1.54) is 46.2 Å². The number of hydrogen-bond donors (Lipinski definition) is 4. The molecule has 0 fully saturated rings. The lowest BCUT2D eigenvalue weighted by Gasteiger charge is -2.12. The second-order valence-electron chi connectivity index (χ2n) is 4.84. The molecule has 2 aromatic heterocycles. The summed E-state index contributed by atoms with van der Waals surface area (Å²) < 4.78 is 13.5. The van der Waals surface area contributed by atoms with Gasteiger partial charge in [-0.3, -0.25) is 10.2 Å². The molecule has 0 amide bonds. The molecule has 4 N–H and O–H groups in total. The van der Waals surface area contributed by atoms with E-state index in [-0.39, 0.29) is 13.2 Å². The Labute approximate surface area is 176 Å². The van der Waals surface area contributed by atoms with Gasteiger partial charge < -0.3 is 19.7 Å². The number of H-pyrrole nitrogens is 2. The van der Waals surface area contributed by atoms with Crippen LogP contribution in [-0.2, 0) is 9.47 Å². The van der Waals surface area contributed by atoms with Crippen LogP contribution in [0.5, 0.6) is 0 Å². The van der Waals surface area contributed by atoms with Crippen LogP contribution >= 0.6 is 70.6 Å². The van der Waals surface area contributed by atoms with Gasteiger partial charge in [-0.25, -0.2) is 0 Å². The molecule has 2 rings (SSSR count). The van der Waals surface area contributed by atoms with Crippen molar-refractivity contribution in [2.24, 2.45) is 0 Å². The summed E-state index contributed by atoms with van der Waals surface area (Å²) in [6.45, 7) is 1.14. The highest BCUT2D eigenvalue weighted by molar-refractivity contribution is 8.01. The van der Waals surface area contributed by atoms with Crippen molar-refractivity contribution < 1.29 is 19.7 Å². The summed E-state index contributed by atoms with van der Waals surface area (Å²) in [7, 11) is 0. The Morgan fingerprint density at radius 1 is 0.885 bits per heavy atom. The number of aliphatic hydroxyl groups excluding tert-OH is 2. The maximum atomic E-state index is 9.84. The third-order valence-electron chi connectivity index (χ3n) is 2.63. The normalized spacial score (nSPS) is 13.8. The molecule has 146 valence electrons. The van der Waals surface area contributed by atoms with Gasteiger partial charge in [0.1, 0.15) is 0 Å². The minimum absolute atomic E-state index is 0.217. The van der Waals surface area contributed by atoms with Gasteiger partial charge in [0.15, 0.2) is 16.6 Å². The molecule has 0 saturated carbocycles. The summed E-state index contributed by atoms with van der Waals surface area (Å²) in [5.41, 5.74) is 0. The quantitative estimate of drug-likeness (QED) is 0.196. The summed E-state index contributed by atoms with van der Waals surface area (Å²) in [4.78, 5) is 0. The SMILES string of the molecule is OC(COCCOCC(O)CSc1n[nH]c(=S)s1)CSc1n[nH]c(=S)s1. The summed E-state index contributed by atoms with van der Waals surface area (Å²) in [5, 5.41) is 33.1. The molecule has 0 spiro atoms. The van der Waals surface area contributed by atoms with Crippen molar-refractivity contribution in [1.29, 1.82) is 0 Å². The van der Waals surface area contributed by atoms with Crippen LogP contribution in [-0.4, -0.2) is 80.7 Å². The van der Waals surface area contributed by atoms with Crippen molar-refractivity contribution in [1.82, 2.24) is 20.4 Å². The lowest BCUT2D eigenvalue weighted by atomic mass is 10.4. The first kappa shape index (κ1) is 22.4. The molecule has 2 aromatic rings. The highest BCUT2D eigenvalue weighted by atomic mass is 32.2. The van der Waals surface area contributed by atoms with Gasteiger partial charge >= 0.3 is 0 Å². The van der Waals surface area contributed by atoms with Crippen LogP contribution in [0.1, 0.15) is 0 Å². The zero-order valence-electron chi connectivity index (χ0n) is 13.5. The molecule has 2 unspecified atom stereocenters. The second kappa shape index (κ2) is 12.5. The van der Waals surface area contributed by atoms with Gasteiger partial charge in [-0.05, 0) is 24.4 Å². The largest absolute Gasteiger partial charge is 0.390 e. The third kappa shape index (κ3) is 9.34. The van der Waals surface area contributed by atoms with Crippen LogP contribution < -0.4 is 0 Å². The van der Waals surface area contributed by atoms with Crippen LogP contribution in [0.25, 0.3) is 0 Å². The first-order valence-corrected chi connectivity index (χ1v) is 11.8. The summed E-state index contributed by atoms with van der Waals surface area (Å²) in [6.07, 6.45) is -1.19. The van der Waals surface area contributed by atoms with Gasteiger partial charge in [0.05, 0.1) is 38.6 Å². The maximum Gasteiger partial charge on any atom is 0.177 e. The van der Waals surface area contributed by atoms with Crippen LogP contribution in [0.4, 0.5) is 0 Å². The number of aromatic amines is 2. The zero-order chi connectivity index (χ0) is 18.8. The average molecular weight is 475 g/mol. The van der Waals surface area contributed by atoms with Gasteiger partial charge in [-0.15, -0.1) is 0 Å². The number of hydrogen-bond acceptors (Lipinski definition) is 12. The predicted octanol–water partition coefficient (Wildman–Crippen LogP) is 2.35. The van der Waals surface area contributed by atoms with Crippen LogP contribution in [0.3, 0.4) is 0 Å². The van der Waals surface area contributed by atoms with Crippen molar-refractivity contribution in [3.05, 3.63) is 7.91 Å². The fourth-order valence-corrected chi connectivity index (χ4v) is 5.57. The first-order valence-electron chi connectivity index (χ1n) is 7.41. The van der Waals surface area contributed by atoms with Gasteiger partial charge in [-0.1, -0.05) is 46.2 Å². The van der Waals surface area contributed by atoms with Crippen molar-refractivity contribution in [3.8, 4) is 0 Å². The van der Waals surface area contributed by atoms with E-state index < -0.39 is 12.2 Å². The molecule has 2 heterocycles. The minimum Gasteiger partial charge on any atom is -0.390 e. The molecule has 0 aliphatic carbocycles. The lowest BCUT2D eigenvalue weighted by molar-refractivity contribution is -0.00844. The number of thioether (sulfide) groups is 2. The molecular weight excluding hydrogens is 457 g/mol. The Balaban J connectivity index is 1.44. The molecule has 0 aliphatic heterocycles. The van der Waals surface area contributed by atoms with E-state index in [1.54, 1.807) is 0 Å². The molecule has 0 aliphatic rings. The number of aromatic nitrogens is 4. The Bertz CT molecular complexity index is 684. The Morgan fingerprint density at radius 3 is 1.65 bits per heavy atom. The Hall–Kier alpha value is 0.1000. The second-order valence-corrected chi connectivity index (χ2v) is 10.7. The van der Waals surface area contributed by atoms with Crippen molar-refractivity contribution in [2.75, 3.05) is 37.9 Å². The Morgan fingerprint density at radius 2 is 1.31 bits per heavy atom. The van der Waals surface area contributed by atoms with Crippen molar-refractivity contribution in [2.45, 2.75) is 20.9 Å². The summed E-state index contributed by atoms with van der Waals surface area (Å²) in [5.74, 6) is 0.959. The molecule has 0 radical (unpaired) electrons. The van der Waals surface area contributed by atoms with E-state index in [4.69, 9.17) is 33.9 Å².